The highest BCUT2D eigenvalue weighted by atomic mass is 19.4. The predicted octanol–water partition coefficient (Wildman–Crippen LogP) is 6.46. The van der Waals surface area contributed by atoms with Crippen LogP contribution < -0.4 is 5.32 Å². The van der Waals surface area contributed by atoms with Crippen LogP contribution in [0.4, 0.5) is 19.0 Å². The lowest BCUT2D eigenvalue weighted by atomic mass is 9.98. The maximum atomic E-state index is 13.3. The normalized spacial score (nSPS) is 14.2. The minimum Gasteiger partial charge on any atom is -0.370 e. The van der Waals surface area contributed by atoms with Crippen molar-refractivity contribution in [2.75, 3.05) is 11.9 Å². The summed E-state index contributed by atoms with van der Waals surface area (Å²) in [5.74, 6) is 0.787. The number of nitrogens with zero attached hydrogens (tertiary/aromatic N) is 2. The van der Waals surface area contributed by atoms with Crippen LogP contribution in [-0.2, 0) is 12.6 Å². The smallest absolute Gasteiger partial charge is 0.370 e. The van der Waals surface area contributed by atoms with Crippen molar-refractivity contribution in [1.82, 2.24) is 9.78 Å². The maximum absolute atomic E-state index is 13.3. The molecule has 1 aliphatic heterocycles. The molecule has 2 heterocycles. The van der Waals surface area contributed by atoms with Crippen LogP contribution >= 0.6 is 0 Å². The number of nitrogens with one attached hydrogen (secondary N) is 1. The number of rotatable bonds is 2. The van der Waals surface area contributed by atoms with Crippen molar-refractivity contribution in [3.05, 3.63) is 77.9 Å². The van der Waals surface area contributed by atoms with Crippen molar-refractivity contribution < 1.29 is 13.2 Å². The summed E-state index contributed by atoms with van der Waals surface area (Å²) < 4.78 is 41.5. The van der Waals surface area contributed by atoms with Crippen molar-refractivity contribution >= 4 is 16.6 Å². The summed E-state index contributed by atoms with van der Waals surface area (Å²) in [6.45, 7) is 0.770. The Kier molecular flexibility index (Phi) is 4.50. The summed E-state index contributed by atoms with van der Waals surface area (Å²) in [4.78, 5) is 0. The Hall–Kier alpha value is -3.28. The molecule has 0 saturated carbocycles. The zero-order chi connectivity index (χ0) is 20.7. The molecule has 0 atom stereocenters. The van der Waals surface area contributed by atoms with Gasteiger partial charge in [0.05, 0.1) is 16.9 Å². The number of anilines is 1. The van der Waals surface area contributed by atoms with Crippen LogP contribution in [0.2, 0.25) is 0 Å². The van der Waals surface area contributed by atoms with E-state index in [1.54, 1.807) is 10.7 Å². The van der Waals surface area contributed by atoms with Gasteiger partial charge in [-0.3, -0.25) is 0 Å². The van der Waals surface area contributed by atoms with Gasteiger partial charge < -0.3 is 5.32 Å². The molecule has 0 radical (unpaired) electrons. The summed E-state index contributed by atoms with van der Waals surface area (Å²) in [6.07, 6.45) is -1.55. The lowest BCUT2D eigenvalue weighted by molar-refractivity contribution is -0.137. The molecule has 5 rings (SSSR count). The van der Waals surface area contributed by atoms with E-state index in [0.717, 1.165) is 71.4 Å². The molecule has 1 aromatic heterocycles. The van der Waals surface area contributed by atoms with Crippen molar-refractivity contribution in [3.8, 4) is 16.9 Å². The average molecular weight is 407 g/mol. The van der Waals surface area contributed by atoms with Gasteiger partial charge in [-0.25, -0.2) is 4.68 Å². The predicted molar refractivity (Wildman–Crippen MR) is 113 cm³/mol. The number of alkyl halides is 3. The topological polar surface area (TPSA) is 29.9 Å². The Morgan fingerprint density at radius 3 is 2.57 bits per heavy atom. The van der Waals surface area contributed by atoms with Crippen molar-refractivity contribution in [2.45, 2.75) is 25.4 Å². The standard InChI is InChI=1S/C24H20F3N3/c25-24(26,27)17-9-6-10-18(15-17)30-23-21(12-3-4-14-28-23)22(29-30)20-13-5-8-16-7-1-2-11-19(16)20/h1-2,5-11,13,15,28H,3-4,12,14H2. The van der Waals surface area contributed by atoms with Crippen molar-refractivity contribution in [2.24, 2.45) is 0 Å². The molecular formula is C24H20F3N3. The van der Waals surface area contributed by atoms with Crippen LogP contribution in [0.25, 0.3) is 27.7 Å². The van der Waals surface area contributed by atoms with Gasteiger partial charge in [-0.2, -0.15) is 18.3 Å². The lowest BCUT2D eigenvalue weighted by Gasteiger charge is -2.12. The van der Waals surface area contributed by atoms with E-state index in [9.17, 15) is 13.2 Å². The van der Waals surface area contributed by atoms with Gasteiger partial charge in [-0.1, -0.05) is 48.5 Å². The van der Waals surface area contributed by atoms with Crippen LogP contribution in [-0.4, -0.2) is 16.3 Å². The van der Waals surface area contributed by atoms with E-state index in [2.05, 4.69) is 23.5 Å². The summed E-state index contributed by atoms with van der Waals surface area (Å²) >= 11 is 0. The number of hydrogen-bond donors (Lipinski definition) is 1. The van der Waals surface area contributed by atoms with Crippen LogP contribution in [0.3, 0.4) is 0 Å². The molecule has 3 nitrogen and oxygen atoms in total. The Labute approximate surface area is 172 Å². The third-order valence-electron chi connectivity index (χ3n) is 5.59. The number of benzene rings is 3. The Balaban J connectivity index is 1.74. The van der Waals surface area contributed by atoms with E-state index >= 15 is 0 Å². The molecule has 6 heteroatoms. The Morgan fingerprint density at radius 1 is 0.900 bits per heavy atom. The SMILES string of the molecule is FC(F)(F)c1cccc(-n2nc(-c3cccc4ccccc34)c3c2NCCCC3)c1. The van der Waals surface area contributed by atoms with Crippen LogP contribution in [0, 0.1) is 0 Å². The Bertz CT molecular complexity index is 1220. The maximum Gasteiger partial charge on any atom is 0.416 e. The van der Waals surface area contributed by atoms with Crippen LogP contribution in [0.15, 0.2) is 66.7 Å². The molecule has 0 spiro atoms. The quantitative estimate of drug-likeness (QED) is 0.413. The van der Waals surface area contributed by atoms with Gasteiger partial charge in [-0.15, -0.1) is 0 Å². The fourth-order valence-electron chi connectivity index (χ4n) is 4.15. The minimum atomic E-state index is -4.40. The number of hydrogen-bond acceptors (Lipinski definition) is 2. The van der Waals surface area contributed by atoms with Crippen molar-refractivity contribution in [3.63, 3.8) is 0 Å². The van der Waals surface area contributed by atoms with Crippen LogP contribution in [0.5, 0.6) is 0 Å². The molecule has 0 amide bonds. The highest BCUT2D eigenvalue weighted by Gasteiger charge is 2.31. The lowest BCUT2D eigenvalue weighted by Crippen LogP contribution is -2.09. The van der Waals surface area contributed by atoms with E-state index in [4.69, 9.17) is 5.10 Å². The molecule has 0 aliphatic carbocycles. The molecule has 4 aromatic rings. The second-order valence-electron chi connectivity index (χ2n) is 7.55. The van der Waals surface area contributed by atoms with E-state index in [-0.39, 0.29) is 0 Å². The zero-order valence-electron chi connectivity index (χ0n) is 16.2. The van der Waals surface area contributed by atoms with Gasteiger partial charge in [0.1, 0.15) is 5.82 Å². The molecule has 0 saturated heterocycles. The first-order valence-electron chi connectivity index (χ1n) is 10.0. The molecule has 0 bridgehead atoms. The number of fused-ring (bicyclic) bond motifs is 2. The molecule has 152 valence electrons. The Morgan fingerprint density at radius 2 is 1.70 bits per heavy atom. The largest absolute Gasteiger partial charge is 0.416 e. The average Bonchev–Trinajstić information content (AvgIpc) is 2.93. The van der Waals surface area contributed by atoms with Crippen LogP contribution in [0.1, 0.15) is 24.0 Å². The van der Waals surface area contributed by atoms with Crippen molar-refractivity contribution in [1.29, 1.82) is 0 Å². The zero-order valence-corrected chi connectivity index (χ0v) is 16.2. The monoisotopic (exact) mass is 407 g/mol. The number of halogens is 3. The summed E-state index contributed by atoms with van der Waals surface area (Å²) in [7, 11) is 0. The van der Waals surface area contributed by atoms with Gasteiger partial charge >= 0.3 is 6.18 Å². The summed E-state index contributed by atoms with van der Waals surface area (Å²) in [6, 6.07) is 19.5. The second-order valence-corrected chi connectivity index (χ2v) is 7.55. The highest BCUT2D eigenvalue weighted by molar-refractivity contribution is 5.97. The van der Waals surface area contributed by atoms with Gasteiger partial charge in [-0.05, 0) is 48.2 Å². The minimum absolute atomic E-state index is 0.405. The van der Waals surface area contributed by atoms with Gasteiger partial charge in [0.15, 0.2) is 0 Å². The van der Waals surface area contributed by atoms with Gasteiger partial charge in [0.2, 0.25) is 0 Å². The molecule has 1 N–H and O–H groups in total. The fraction of sp³-hybridized carbons (Fsp3) is 0.208. The molecular weight excluding hydrogens is 387 g/mol. The third kappa shape index (κ3) is 3.22. The number of aromatic nitrogens is 2. The molecule has 30 heavy (non-hydrogen) atoms. The molecule has 3 aromatic carbocycles. The molecule has 0 fully saturated rings. The molecule has 1 aliphatic rings. The van der Waals surface area contributed by atoms with Gasteiger partial charge in [0, 0.05) is 17.7 Å². The van der Waals surface area contributed by atoms with E-state index in [1.165, 1.54) is 6.07 Å². The van der Waals surface area contributed by atoms with Gasteiger partial charge in [0.25, 0.3) is 0 Å². The summed E-state index contributed by atoms with van der Waals surface area (Å²) in [5.41, 5.74) is 2.61. The first-order chi connectivity index (χ1) is 14.5. The summed E-state index contributed by atoms with van der Waals surface area (Å²) in [5, 5.41) is 10.4. The highest BCUT2D eigenvalue weighted by Crippen LogP contribution is 2.38. The first kappa shape index (κ1) is 18.7. The third-order valence-corrected chi connectivity index (χ3v) is 5.59. The van der Waals surface area contributed by atoms with E-state index < -0.39 is 11.7 Å². The second kappa shape index (κ2) is 7.20. The van der Waals surface area contributed by atoms with E-state index in [1.807, 2.05) is 24.3 Å². The first-order valence-corrected chi connectivity index (χ1v) is 10.0. The van der Waals surface area contributed by atoms with E-state index in [0.29, 0.717) is 5.69 Å². The molecule has 0 unspecified atom stereocenters. The fourth-order valence-corrected chi connectivity index (χ4v) is 4.15.